The molecule has 1 aromatic rings. The Labute approximate surface area is 193 Å². The molecule has 5 heteroatoms. The van der Waals surface area contributed by atoms with Gasteiger partial charge in [0.05, 0.1) is 12.1 Å². The van der Waals surface area contributed by atoms with E-state index in [0.717, 1.165) is 38.5 Å². The van der Waals surface area contributed by atoms with Gasteiger partial charge in [-0.05, 0) is 56.4 Å². The quantitative estimate of drug-likeness (QED) is 0.134. The van der Waals surface area contributed by atoms with Crippen LogP contribution in [0, 0.1) is 0 Å². The monoisotopic (exact) mass is 456 g/mol. The highest BCUT2D eigenvalue weighted by Crippen LogP contribution is 2.29. The molecule has 0 aromatic heterocycles. The van der Waals surface area contributed by atoms with Crippen molar-refractivity contribution in [3.63, 3.8) is 0 Å². The van der Waals surface area contributed by atoms with Crippen molar-refractivity contribution in [2.75, 3.05) is 7.11 Å². The lowest BCUT2D eigenvalue weighted by Gasteiger charge is -2.17. The Morgan fingerprint density at radius 1 is 1.00 bits per heavy atom. The summed E-state index contributed by atoms with van der Waals surface area (Å²) in [5.74, 6) is 0.534. The molecule has 0 aliphatic rings. The van der Waals surface area contributed by atoms with Gasteiger partial charge in [0.1, 0.15) is 11.9 Å². The van der Waals surface area contributed by atoms with Gasteiger partial charge < -0.3 is 9.47 Å². The number of ether oxygens (including phenoxy) is 2. The maximum absolute atomic E-state index is 11.2. The van der Waals surface area contributed by atoms with Crippen molar-refractivity contribution in [2.24, 2.45) is 0 Å². The van der Waals surface area contributed by atoms with Crippen molar-refractivity contribution < 1.29 is 14.3 Å². The van der Waals surface area contributed by atoms with E-state index in [9.17, 15) is 4.79 Å². The van der Waals surface area contributed by atoms with Crippen molar-refractivity contribution in [2.45, 2.75) is 96.5 Å². The van der Waals surface area contributed by atoms with E-state index < -0.39 is 0 Å². The van der Waals surface area contributed by atoms with E-state index >= 15 is 0 Å². The number of benzene rings is 1. The van der Waals surface area contributed by atoms with Crippen LogP contribution in [0.25, 0.3) is 0 Å². The van der Waals surface area contributed by atoms with E-state index in [2.05, 4.69) is 23.8 Å². The summed E-state index contributed by atoms with van der Waals surface area (Å²) in [6.07, 6.45) is 18.7. The number of esters is 1. The van der Waals surface area contributed by atoms with Gasteiger partial charge in [-0.1, -0.05) is 81.1 Å². The first-order valence-corrected chi connectivity index (χ1v) is 12.2. The molecular formula is C25H38Cl2O3. The molecule has 0 radical (unpaired) electrons. The molecule has 0 N–H and O–H groups in total. The van der Waals surface area contributed by atoms with Crippen LogP contribution in [0.4, 0.5) is 0 Å². The third-order valence-corrected chi connectivity index (χ3v) is 5.63. The molecule has 0 fully saturated rings. The minimum absolute atomic E-state index is 0.00984. The van der Waals surface area contributed by atoms with E-state index in [4.69, 9.17) is 27.9 Å². The first-order chi connectivity index (χ1) is 14.6. The van der Waals surface area contributed by atoms with E-state index in [1.54, 1.807) is 12.1 Å². The third kappa shape index (κ3) is 13.2. The van der Waals surface area contributed by atoms with Crippen LogP contribution in [0.5, 0.6) is 5.75 Å². The Bertz CT molecular complexity index is 616. The lowest BCUT2D eigenvalue weighted by Crippen LogP contribution is -2.14. The van der Waals surface area contributed by atoms with Gasteiger partial charge >= 0.3 is 5.97 Å². The second-order valence-electron chi connectivity index (χ2n) is 7.74. The summed E-state index contributed by atoms with van der Waals surface area (Å²) in [6, 6.07) is 5.34. The van der Waals surface area contributed by atoms with E-state index in [0.29, 0.717) is 22.2 Å². The van der Waals surface area contributed by atoms with Gasteiger partial charge in [0, 0.05) is 11.4 Å². The fourth-order valence-electron chi connectivity index (χ4n) is 3.29. The van der Waals surface area contributed by atoms with Crippen molar-refractivity contribution in [3.8, 4) is 5.75 Å². The second-order valence-corrected chi connectivity index (χ2v) is 8.59. The number of hydrogen-bond acceptors (Lipinski definition) is 3. The number of halogens is 2. The highest BCUT2D eigenvalue weighted by atomic mass is 35.5. The Kier molecular flexibility index (Phi) is 15.6. The Balaban J connectivity index is 2.44. The zero-order valence-electron chi connectivity index (χ0n) is 18.6. The molecule has 1 atom stereocenters. The molecule has 1 unspecified atom stereocenters. The highest BCUT2D eigenvalue weighted by molar-refractivity contribution is 6.35. The van der Waals surface area contributed by atoms with Crippen LogP contribution < -0.4 is 4.74 Å². The molecule has 0 bridgehead atoms. The average molecular weight is 457 g/mol. The van der Waals surface area contributed by atoms with E-state index in [-0.39, 0.29) is 12.1 Å². The third-order valence-electron chi connectivity index (χ3n) is 5.09. The minimum Gasteiger partial charge on any atom is -0.485 e. The maximum Gasteiger partial charge on any atom is 0.305 e. The van der Waals surface area contributed by atoms with Gasteiger partial charge in [-0.3, -0.25) is 4.79 Å². The number of carbonyl (C=O) groups is 1. The largest absolute Gasteiger partial charge is 0.485 e. The molecule has 30 heavy (non-hydrogen) atoms. The molecular weight excluding hydrogens is 419 g/mol. The van der Waals surface area contributed by atoms with Crippen LogP contribution >= 0.6 is 23.2 Å². The van der Waals surface area contributed by atoms with E-state index in [1.807, 2.05) is 6.07 Å². The standard InChI is InChI=1S/C25H38Cl2O3/c1-3-4-5-6-7-8-9-12-15-22(16-13-10-11-14-17-25(28)29-2)30-24-19-18-21(26)20-23(24)27/h12,15,18-20,22H,3-11,13-14,16-17H2,1-2H3/b15-12+. The van der Waals surface area contributed by atoms with Gasteiger partial charge in [0.2, 0.25) is 0 Å². The Morgan fingerprint density at radius 2 is 1.70 bits per heavy atom. The average Bonchev–Trinajstić information content (AvgIpc) is 2.73. The van der Waals surface area contributed by atoms with Crippen molar-refractivity contribution in [3.05, 3.63) is 40.4 Å². The minimum atomic E-state index is -0.133. The summed E-state index contributed by atoms with van der Waals surface area (Å²) in [7, 11) is 1.43. The SMILES string of the molecule is CCCCCCCC/C=C/C(CCCCCCC(=O)OC)Oc1ccc(Cl)cc1Cl. The fourth-order valence-corrected chi connectivity index (χ4v) is 3.74. The molecule has 170 valence electrons. The van der Waals surface area contributed by atoms with Gasteiger partial charge in [0.25, 0.3) is 0 Å². The molecule has 0 heterocycles. The van der Waals surface area contributed by atoms with Crippen LogP contribution in [0.1, 0.15) is 90.4 Å². The lowest BCUT2D eigenvalue weighted by atomic mass is 10.1. The molecule has 0 amide bonds. The van der Waals surface area contributed by atoms with Crippen molar-refractivity contribution in [1.29, 1.82) is 0 Å². The number of rotatable bonds is 17. The molecule has 0 spiro atoms. The number of carbonyl (C=O) groups excluding carboxylic acids is 1. The molecule has 1 rings (SSSR count). The van der Waals surface area contributed by atoms with Crippen LogP contribution in [0.2, 0.25) is 10.0 Å². The Morgan fingerprint density at radius 3 is 2.43 bits per heavy atom. The zero-order chi connectivity index (χ0) is 22.0. The van der Waals surface area contributed by atoms with Crippen molar-refractivity contribution >= 4 is 29.2 Å². The predicted octanol–water partition coefficient (Wildman–Crippen LogP) is 8.56. The number of methoxy groups -OCH3 is 1. The Hall–Kier alpha value is -1.19. The lowest BCUT2D eigenvalue weighted by molar-refractivity contribution is -0.140. The van der Waals surface area contributed by atoms with Gasteiger partial charge in [-0.2, -0.15) is 0 Å². The molecule has 3 nitrogen and oxygen atoms in total. The zero-order valence-corrected chi connectivity index (χ0v) is 20.1. The van der Waals surface area contributed by atoms with Gasteiger partial charge in [-0.15, -0.1) is 0 Å². The first-order valence-electron chi connectivity index (χ1n) is 11.4. The van der Waals surface area contributed by atoms with Gasteiger partial charge in [-0.25, -0.2) is 0 Å². The molecule has 0 aliphatic carbocycles. The second kappa shape index (κ2) is 17.5. The number of hydrogen-bond donors (Lipinski definition) is 0. The molecule has 0 aliphatic heterocycles. The predicted molar refractivity (Wildman–Crippen MR) is 128 cm³/mol. The summed E-state index contributed by atoms with van der Waals surface area (Å²) in [6.45, 7) is 2.25. The first kappa shape index (κ1) is 26.8. The summed E-state index contributed by atoms with van der Waals surface area (Å²) in [4.78, 5) is 11.2. The maximum atomic E-state index is 11.2. The van der Waals surface area contributed by atoms with Crippen LogP contribution in [-0.2, 0) is 9.53 Å². The fraction of sp³-hybridized carbons (Fsp3) is 0.640. The summed E-state index contributed by atoms with van der Waals surface area (Å²) < 4.78 is 10.9. The van der Waals surface area contributed by atoms with Crippen LogP contribution in [-0.4, -0.2) is 19.2 Å². The van der Waals surface area contributed by atoms with Gasteiger partial charge in [0.15, 0.2) is 0 Å². The summed E-state index contributed by atoms with van der Waals surface area (Å²) >= 11 is 12.3. The number of allylic oxidation sites excluding steroid dienone is 1. The van der Waals surface area contributed by atoms with Crippen molar-refractivity contribution in [1.82, 2.24) is 0 Å². The molecule has 0 saturated heterocycles. The molecule has 1 aromatic carbocycles. The summed E-state index contributed by atoms with van der Waals surface area (Å²) in [5, 5.41) is 1.14. The van der Waals surface area contributed by atoms with Crippen LogP contribution in [0.3, 0.4) is 0 Å². The smallest absolute Gasteiger partial charge is 0.305 e. The van der Waals surface area contributed by atoms with E-state index in [1.165, 1.54) is 45.6 Å². The number of unbranched alkanes of at least 4 members (excludes halogenated alkanes) is 9. The molecule has 0 saturated carbocycles. The normalized spacial score (nSPS) is 12.3. The highest BCUT2D eigenvalue weighted by Gasteiger charge is 2.10. The van der Waals surface area contributed by atoms with Crippen LogP contribution in [0.15, 0.2) is 30.4 Å². The summed E-state index contributed by atoms with van der Waals surface area (Å²) in [5.41, 5.74) is 0. The topological polar surface area (TPSA) is 35.5 Å².